The van der Waals surface area contributed by atoms with E-state index in [4.69, 9.17) is 0 Å². The first-order valence-electron chi connectivity index (χ1n) is 5.04. The van der Waals surface area contributed by atoms with Gasteiger partial charge in [0.2, 0.25) is 0 Å². The minimum Gasteiger partial charge on any atom is -0.386 e. The highest BCUT2D eigenvalue weighted by atomic mass is 19.4. The number of rotatable bonds is 2. The van der Waals surface area contributed by atoms with Gasteiger partial charge >= 0.3 is 18.1 Å². The van der Waals surface area contributed by atoms with Crippen LogP contribution >= 0.6 is 0 Å². The maximum absolute atomic E-state index is 12.0. The summed E-state index contributed by atoms with van der Waals surface area (Å²) in [6.07, 6.45) is -5.18. The molecule has 0 unspecified atom stereocenters. The Morgan fingerprint density at radius 3 is 1.94 bits per heavy atom. The summed E-state index contributed by atoms with van der Waals surface area (Å²) >= 11 is 0. The van der Waals surface area contributed by atoms with Crippen LogP contribution in [-0.2, 0) is 19.7 Å². The van der Waals surface area contributed by atoms with Gasteiger partial charge in [-0.25, -0.2) is 4.79 Å². The van der Waals surface area contributed by atoms with Crippen LogP contribution in [0.15, 0.2) is 30.3 Å². The fourth-order valence-electron chi connectivity index (χ4n) is 1.24. The molecule has 0 aliphatic heterocycles. The van der Waals surface area contributed by atoms with E-state index in [1.54, 1.807) is 30.3 Å². The topological polar surface area (TPSA) is 43.4 Å². The van der Waals surface area contributed by atoms with Crippen molar-refractivity contribution in [3.63, 3.8) is 0 Å². The van der Waals surface area contributed by atoms with E-state index >= 15 is 0 Å². The van der Waals surface area contributed by atoms with Gasteiger partial charge in [-0.05, 0) is 19.4 Å². The van der Waals surface area contributed by atoms with Crippen molar-refractivity contribution in [1.82, 2.24) is 0 Å². The first-order valence-corrected chi connectivity index (χ1v) is 5.04. The van der Waals surface area contributed by atoms with E-state index in [9.17, 15) is 22.8 Å². The van der Waals surface area contributed by atoms with E-state index in [-0.39, 0.29) is 0 Å². The van der Waals surface area contributed by atoms with Gasteiger partial charge in [0, 0.05) is 0 Å². The van der Waals surface area contributed by atoms with E-state index in [0.29, 0.717) is 5.56 Å². The Morgan fingerprint density at radius 2 is 1.50 bits per heavy atom. The smallest absolute Gasteiger partial charge is 0.386 e. The molecule has 1 rings (SSSR count). The second-order valence-corrected chi connectivity index (χ2v) is 4.17. The lowest BCUT2D eigenvalue weighted by Gasteiger charge is -2.22. The fraction of sp³-hybridized carbons (Fsp3) is 0.333. The Bertz CT molecular complexity index is 449. The molecule has 0 heterocycles. The van der Waals surface area contributed by atoms with Crippen LogP contribution in [0, 0.1) is 0 Å². The molecule has 18 heavy (non-hydrogen) atoms. The van der Waals surface area contributed by atoms with E-state index < -0.39 is 23.5 Å². The predicted molar refractivity (Wildman–Crippen MR) is 56.6 cm³/mol. The Hall–Kier alpha value is -1.85. The quantitative estimate of drug-likeness (QED) is 0.606. The zero-order valence-electron chi connectivity index (χ0n) is 9.75. The van der Waals surface area contributed by atoms with E-state index in [1.165, 1.54) is 13.8 Å². The molecule has 0 bridgehead atoms. The van der Waals surface area contributed by atoms with E-state index in [2.05, 4.69) is 4.74 Å². The van der Waals surface area contributed by atoms with Gasteiger partial charge in [-0.2, -0.15) is 13.2 Å². The summed E-state index contributed by atoms with van der Waals surface area (Å²) in [7, 11) is 0. The number of ether oxygens (including phenoxy) is 1. The number of halogens is 3. The van der Waals surface area contributed by atoms with E-state index in [0.717, 1.165) is 0 Å². The zero-order valence-corrected chi connectivity index (χ0v) is 9.75. The van der Waals surface area contributed by atoms with Gasteiger partial charge in [-0.3, -0.25) is 4.79 Å². The Balaban J connectivity index is 2.88. The molecule has 0 radical (unpaired) electrons. The van der Waals surface area contributed by atoms with Crippen LogP contribution in [0.3, 0.4) is 0 Å². The van der Waals surface area contributed by atoms with Crippen LogP contribution in [0.5, 0.6) is 0 Å². The largest absolute Gasteiger partial charge is 0.491 e. The summed E-state index contributed by atoms with van der Waals surface area (Å²) in [5.74, 6) is -3.74. The van der Waals surface area contributed by atoms with Crippen LogP contribution < -0.4 is 0 Å². The SMILES string of the molecule is CC(C)(C(=O)OC(=O)C(F)(F)F)c1ccccc1. The molecule has 1 aromatic rings. The maximum atomic E-state index is 12.0. The first kappa shape index (κ1) is 14.2. The van der Waals surface area contributed by atoms with Crippen LogP contribution in [0.25, 0.3) is 0 Å². The standard InChI is InChI=1S/C12H11F3O3/c1-11(2,8-6-4-3-5-7-8)9(16)18-10(17)12(13,14)15/h3-7H,1-2H3. The molecule has 0 amide bonds. The van der Waals surface area contributed by atoms with Gasteiger partial charge in [-0.15, -0.1) is 0 Å². The number of hydrogen-bond acceptors (Lipinski definition) is 3. The molecule has 0 N–H and O–H groups in total. The summed E-state index contributed by atoms with van der Waals surface area (Å²) < 4.78 is 39.8. The number of alkyl halides is 3. The average Bonchev–Trinajstić information content (AvgIpc) is 2.28. The molecular formula is C12H11F3O3. The fourth-order valence-corrected chi connectivity index (χ4v) is 1.24. The molecule has 0 saturated heterocycles. The van der Waals surface area contributed by atoms with Crippen LogP contribution in [0.1, 0.15) is 19.4 Å². The number of carbonyl (C=O) groups is 2. The highest BCUT2D eigenvalue weighted by Crippen LogP contribution is 2.26. The molecule has 0 fully saturated rings. The minimum absolute atomic E-state index is 0.463. The number of hydrogen-bond donors (Lipinski definition) is 0. The van der Waals surface area contributed by atoms with Crippen LogP contribution in [0.4, 0.5) is 13.2 Å². The Morgan fingerprint density at radius 1 is 1.00 bits per heavy atom. The zero-order chi connectivity index (χ0) is 14.0. The van der Waals surface area contributed by atoms with Crippen molar-refractivity contribution >= 4 is 11.9 Å². The molecule has 0 aromatic heterocycles. The second kappa shape index (κ2) is 4.80. The molecule has 3 nitrogen and oxygen atoms in total. The monoisotopic (exact) mass is 260 g/mol. The van der Waals surface area contributed by atoms with Gasteiger partial charge in [0.15, 0.2) is 0 Å². The summed E-state index contributed by atoms with van der Waals surface area (Å²) in [4.78, 5) is 22.2. The molecular weight excluding hydrogens is 249 g/mol. The van der Waals surface area contributed by atoms with E-state index in [1.807, 2.05) is 0 Å². The van der Waals surface area contributed by atoms with Gasteiger partial charge in [0.1, 0.15) is 0 Å². The molecule has 1 aromatic carbocycles. The molecule has 0 aliphatic carbocycles. The number of esters is 2. The highest BCUT2D eigenvalue weighted by Gasteiger charge is 2.45. The lowest BCUT2D eigenvalue weighted by atomic mass is 9.85. The van der Waals surface area contributed by atoms with Gasteiger partial charge in [0.05, 0.1) is 5.41 Å². The normalized spacial score (nSPS) is 12.1. The van der Waals surface area contributed by atoms with Crippen LogP contribution in [0.2, 0.25) is 0 Å². The van der Waals surface area contributed by atoms with Crippen molar-refractivity contribution in [3.8, 4) is 0 Å². The second-order valence-electron chi connectivity index (χ2n) is 4.17. The summed E-state index contributed by atoms with van der Waals surface area (Å²) in [5.41, 5.74) is -0.868. The number of benzene rings is 1. The molecule has 0 atom stereocenters. The van der Waals surface area contributed by atoms with Gasteiger partial charge in [0.25, 0.3) is 0 Å². The molecule has 0 spiro atoms. The van der Waals surface area contributed by atoms with Crippen molar-refractivity contribution in [2.24, 2.45) is 0 Å². The minimum atomic E-state index is -5.18. The lowest BCUT2D eigenvalue weighted by Crippen LogP contribution is -2.37. The average molecular weight is 260 g/mol. The lowest BCUT2D eigenvalue weighted by molar-refractivity contribution is -0.203. The molecule has 0 saturated carbocycles. The summed E-state index contributed by atoms with van der Waals surface area (Å²) in [5, 5.41) is 0. The Kier molecular flexibility index (Phi) is 3.79. The van der Waals surface area contributed by atoms with Crippen molar-refractivity contribution in [2.45, 2.75) is 25.4 Å². The number of carbonyl (C=O) groups excluding carboxylic acids is 2. The highest BCUT2D eigenvalue weighted by molar-refractivity contribution is 5.93. The summed E-state index contributed by atoms with van der Waals surface area (Å²) in [6, 6.07) is 8.11. The van der Waals surface area contributed by atoms with Gasteiger partial charge < -0.3 is 4.74 Å². The third-order valence-electron chi connectivity index (χ3n) is 2.42. The maximum Gasteiger partial charge on any atom is 0.491 e. The van der Waals surface area contributed by atoms with Crippen LogP contribution in [-0.4, -0.2) is 18.1 Å². The Labute approximate surface area is 102 Å². The molecule has 0 aliphatic rings. The van der Waals surface area contributed by atoms with Crippen molar-refractivity contribution in [2.75, 3.05) is 0 Å². The molecule has 6 heteroatoms. The van der Waals surface area contributed by atoms with Crippen molar-refractivity contribution in [1.29, 1.82) is 0 Å². The predicted octanol–water partition coefficient (Wildman–Crippen LogP) is 2.60. The van der Waals surface area contributed by atoms with Crippen molar-refractivity contribution in [3.05, 3.63) is 35.9 Å². The third-order valence-corrected chi connectivity index (χ3v) is 2.42. The van der Waals surface area contributed by atoms with Crippen molar-refractivity contribution < 1.29 is 27.5 Å². The first-order chi connectivity index (χ1) is 8.15. The van der Waals surface area contributed by atoms with Gasteiger partial charge in [-0.1, -0.05) is 30.3 Å². The molecule has 98 valence electrons. The summed E-state index contributed by atoms with van der Waals surface area (Å²) in [6.45, 7) is 2.77. The third kappa shape index (κ3) is 3.09.